The number of esters is 2. The molecule has 2 aromatic rings. The van der Waals surface area contributed by atoms with Crippen LogP contribution in [0.5, 0.6) is 5.75 Å². The first kappa shape index (κ1) is 20.6. The Balaban J connectivity index is 2.36. The number of fused-ring (bicyclic) bond motifs is 1. The van der Waals surface area contributed by atoms with Crippen LogP contribution >= 0.6 is 0 Å². The molecule has 0 atom stereocenters. The number of carbonyl (C=O) groups excluding carboxylic acids is 2. The van der Waals surface area contributed by atoms with E-state index in [9.17, 15) is 27.7 Å². The summed E-state index contributed by atoms with van der Waals surface area (Å²) in [6.07, 6.45) is 0. The monoisotopic (exact) mass is 423 g/mol. The van der Waals surface area contributed by atoms with Crippen LogP contribution in [-0.2, 0) is 33.9 Å². The van der Waals surface area contributed by atoms with Crippen LogP contribution in [0.4, 0.5) is 5.69 Å². The highest BCUT2D eigenvalue weighted by Crippen LogP contribution is 2.42. The molecule has 0 radical (unpaired) electrons. The summed E-state index contributed by atoms with van der Waals surface area (Å²) in [5, 5.41) is 10.9. The van der Waals surface area contributed by atoms with Gasteiger partial charge in [0.15, 0.2) is 0 Å². The number of nitrogens with zero attached hydrogens (tertiary/aromatic N) is 1. The number of rotatable bonds is 4. The number of carbonyl (C=O) groups is 2. The fourth-order valence-electron chi connectivity index (χ4n) is 3.13. The standard InChI is InChI=1S/C18H17NO9S/c1-26-17(21)12-8-28-9-19(16(12)18(22)27-2)15-11-6-4-3-5-10(11)14(7-13(15)20)29(23,24)25/h3-7,20H,8-9H2,1-2H3,(H,23,24,25). The fourth-order valence-corrected chi connectivity index (χ4v) is 3.85. The second kappa shape index (κ2) is 7.70. The van der Waals surface area contributed by atoms with E-state index in [2.05, 4.69) is 0 Å². The summed E-state index contributed by atoms with van der Waals surface area (Å²) in [5.41, 5.74) is -0.354. The molecule has 0 spiro atoms. The first-order valence-corrected chi connectivity index (χ1v) is 9.62. The Bertz CT molecular complexity index is 1140. The molecule has 29 heavy (non-hydrogen) atoms. The number of hydrogen-bond donors (Lipinski definition) is 2. The number of aromatic hydroxyl groups is 1. The molecule has 10 nitrogen and oxygen atoms in total. The molecule has 154 valence electrons. The van der Waals surface area contributed by atoms with Crippen LogP contribution in [0.2, 0.25) is 0 Å². The van der Waals surface area contributed by atoms with Crippen LogP contribution in [-0.4, -0.2) is 57.6 Å². The van der Waals surface area contributed by atoms with Gasteiger partial charge in [-0.15, -0.1) is 0 Å². The Hall–Kier alpha value is -3.15. The Morgan fingerprint density at radius 3 is 2.31 bits per heavy atom. The van der Waals surface area contributed by atoms with Crippen LogP contribution in [0.3, 0.4) is 0 Å². The molecule has 0 aliphatic carbocycles. The normalized spacial score (nSPS) is 14.8. The zero-order valence-corrected chi connectivity index (χ0v) is 16.2. The molecule has 1 aliphatic rings. The molecule has 1 heterocycles. The van der Waals surface area contributed by atoms with Gasteiger partial charge in [0.05, 0.1) is 32.1 Å². The van der Waals surface area contributed by atoms with Crippen molar-refractivity contribution in [2.75, 3.05) is 32.5 Å². The van der Waals surface area contributed by atoms with Crippen molar-refractivity contribution >= 4 is 38.5 Å². The minimum absolute atomic E-state index is 0.00509. The van der Waals surface area contributed by atoms with Crippen molar-refractivity contribution in [1.29, 1.82) is 0 Å². The molecule has 2 aromatic carbocycles. The van der Waals surface area contributed by atoms with E-state index in [4.69, 9.17) is 14.2 Å². The molecule has 0 aromatic heterocycles. The van der Waals surface area contributed by atoms with E-state index in [1.165, 1.54) is 17.0 Å². The molecule has 1 aliphatic heterocycles. The lowest BCUT2D eigenvalue weighted by atomic mass is 10.0. The number of benzene rings is 2. The van der Waals surface area contributed by atoms with Gasteiger partial charge >= 0.3 is 11.9 Å². The molecule has 11 heteroatoms. The van der Waals surface area contributed by atoms with Gasteiger partial charge in [-0.2, -0.15) is 8.42 Å². The van der Waals surface area contributed by atoms with E-state index < -0.39 is 32.7 Å². The Kier molecular flexibility index (Phi) is 5.46. The van der Waals surface area contributed by atoms with E-state index in [-0.39, 0.29) is 41.1 Å². The number of methoxy groups -OCH3 is 2. The largest absolute Gasteiger partial charge is 0.506 e. The van der Waals surface area contributed by atoms with Gasteiger partial charge in [-0.25, -0.2) is 9.59 Å². The van der Waals surface area contributed by atoms with Crippen molar-refractivity contribution in [1.82, 2.24) is 0 Å². The number of hydrogen-bond acceptors (Lipinski definition) is 9. The first-order chi connectivity index (χ1) is 13.7. The Morgan fingerprint density at radius 2 is 1.72 bits per heavy atom. The minimum Gasteiger partial charge on any atom is -0.506 e. The van der Waals surface area contributed by atoms with Crippen LogP contribution < -0.4 is 4.90 Å². The third kappa shape index (κ3) is 3.62. The smallest absolute Gasteiger partial charge is 0.355 e. The number of anilines is 1. The van der Waals surface area contributed by atoms with Gasteiger partial charge in [0.25, 0.3) is 10.1 Å². The van der Waals surface area contributed by atoms with E-state index in [1.54, 1.807) is 12.1 Å². The summed E-state index contributed by atoms with van der Waals surface area (Å²) in [6, 6.07) is 6.89. The summed E-state index contributed by atoms with van der Waals surface area (Å²) >= 11 is 0. The van der Waals surface area contributed by atoms with Gasteiger partial charge < -0.3 is 24.2 Å². The van der Waals surface area contributed by atoms with E-state index in [0.717, 1.165) is 20.3 Å². The SMILES string of the molecule is COC(=O)C1=C(C(=O)OC)N(c2c(O)cc(S(=O)(=O)O)c3ccccc23)COC1. The lowest BCUT2D eigenvalue weighted by Gasteiger charge is -2.32. The highest BCUT2D eigenvalue weighted by atomic mass is 32.2. The number of phenolic OH excluding ortho intramolecular Hbond substituents is 1. The fraction of sp³-hybridized carbons (Fsp3) is 0.222. The lowest BCUT2D eigenvalue weighted by Crippen LogP contribution is -2.39. The predicted octanol–water partition coefficient (Wildman–Crippen LogP) is 1.19. The second-order valence-electron chi connectivity index (χ2n) is 5.98. The van der Waals surface area contributed by atoms with E-state index in [0.29, 0.717) is 0 Å². The van der Waals surface area contributed by atoms with Gasteiger partial charge in [-0.3, -0.25) is 4.55 Å². The van der Waals surface area contributed by atoms with Crippen LogP contribution in [0, 0.1) is 0 Å². The third-order valence-corrected chi connectivity index (χ3v) is 5.23. The molecule has 3 rings (SSSR count). The predicted molar refractivity (Wildman–Crippen MR) is 99.8 cm³/mol. The Labute approximate surface area is 165 Å². The minimum atomic E-state index is -4.65. The first-order valence-electron chi connectivity index (χ1n) is 8.18. The van der Waals surface area contributed by atoms with E-state index in [1.807, 2.05) is 0 Å². The summed E-state index contributed by atoms with van der Waals surface area (Å²) in [7, 11) is -2.39. The van der Waals surface area contributed by atoms with Gasteiger partial charge in [0.1, 0.15) is 23.1 Å². The third-order valence-electron chi connectivity index (χ3n) is 4.34. The maximum atomic E-state index is 12.5. The van der Waals surface area contributed by atoms with Crippen LogP contribution in [0.1, 0.15) is 0 Å². The molecular formula is C18H17NO9S. The van der Waals surface area contributed by atoms with Crippen LogP contribution in [0.25, 0.3) is 10.8 Å². The molecule has 2 N–H and O–H groups in total. The summed E-state index contributed by atoms with van der Waals surface area (Å²) < 4.78 is 47.9. The molecular weight excluding hydrogens is 406 g/mol. The highest BCUT2D eigenvalue weighted by Gasteiger charge is 2.35. The van der Waals surface area contributed by atoms with Crippen molar-refractivity contribution in [3.63, 3.8) is 0 Å². The van der Waals surface area contributed by atoms with Crippen LogP contribution in [0.15, 0.2) is 46.5 Å². The molecule has 0 bridgehead atoms. The average Bonchev–Trinajstić information content (AvgIpc) is 2.70. The topological polar surface area (TPSA) is 140 Å². The van der Waals surface area contributed by atoms with Gasteiger partial charge in [-0.1, -0.05) is 24.3 Å². The average molecular weight is 423 g/mol. The maximum absolute atomic E-state index is 12.5. The molecule has 0 amide bonds. The van der Waals surface area contributed by atoms with Crippen molar-refractivity contribution in [3.8, 4) is 5.75 Å². The van der Waals surface area contributed by atoms with Crippen molar-refractivity contribution in [2.24, 2.45) is 0 Å². The quantitative estimate of drug-likeness (QED) is 0.544. The summed E-state index contributed by atoms with van der Waals surface area (Å²) in [4.78, 5) is 25.3. The lowest BCUT2D eigenvalue weighted by molar-refractivity contribution is -0.140. The molecule has 0 saturated heterocycles. The highest BCUT2D eigenvalue weighted by molar-refractivity contribution is 7.86. The molecule has 0 fully saturated rings. The van der Waals surface area contributed by atoms with E-state index >= 15 is 0 Å². The summed E-state index contributed by atoms with van der Waals surface area (Å²) in [5.74, 6) is -2.27. The van der Waals surface area contributed by atoms with Crippen molar-refractivity contribution < 1.29 is 41.9 Å². The van der Waals surface area contributed by atoms with Gasteiger partial charge in [0, 0.05) is 16.8 Å². The molecule has 0 saturated carbocycles. The Morgan fingerprint density at radius 1 is 1.10 bits per heavy atom. The number of phenols is 1. The molecule has 0 unspecified atom stereocenters. The van der Waals surface area contributed by atoms with Crippen molar-refractivity contribution in [2.45, 2.75) is 4.90 Å². The van der Waals surface area contributed by atoms with Gasteiger partial charge in [-0.05, 0) is 0 Å². The summed E-state index contributed by atoms with van der Waals surface area (Å²) in [6.45, 7) is -0.469. The van der Waals surface area contributed by atoms with Gasteiger partial charge in [0.2, 0.25) is 0 Å². The maximum Gasteiger partial charge on any atom is 0.355 e. The zero-order chi connectivity index (χ0) is 21.3. The second-order valence-corrected chi connectivity index (χ2v) is 7.37. The number of ether oxygens (including phenoxy) is 3. The van der Waals surface area contributed by atoms with Crippen molar-refractivity contribution in [3.05, 3.63) is 41.6 Å². The zero-order valence-electron chi connectivity index (χ0n) is 15.4.